The molecule has 0 aromatic heterocycles. The molecule has 0 radical (unpaired) electrons. The highest BCUT2D eigenvalue weighted by molar-refractivity contribution is 7.57. The summed E-state index contributed by atoms with van der Waals surface area (Å²) in [4.78, 5) is 0. The monoisotopic (exact) mass is 218 g/mol. The van der Waals surface area contributed by atoms with E-state index >= 15 is 0 Å². The van der Waals surface area contributed by atoms with Gasteiger partial charge in [-0.2, -0.15) is 13.2 Å². The van der Waals surface area contributed by atoms with Crippen LogP contribution in [-0.2, 0) is 9.09 Å². The first-order chi connectivity index (χ1) is 5.54. The van der Waals surface area contributed by atoms with Crippen molar-refractivity contribution in [2.75, 3.05) is 13.3 Å². The topological polar surface area (TPSA) is 26.3 Å². The Morgan fingerprint density at radius 1 is 1.23 bits per heavy atom. The van der Waals surface area contributed by atoms with Crippen LogP contribution in [0.15, 0.2) is 0 Å². The number of hydrogen-bond acceptors (Lipinski definition) is 2. The van der Waals surface area contributed by atoms with Gasteiger partial charge in [0.15, 0.2) is 13.5 Å². The molecule has 80 valence electrons. The number of hydrogen-bond donors (Lipinski definition) is 0. The lowest BCUT2D eigenvalue weighted by Gasteiger charge is -2.25. The summed E-state index contributed by atoms with van der Waals surface area (Å²) in [7, 11) is -3.09. The minimum Gasteiger partial charge on any atom is -0.316 e. The zero-order valence-corrected chi connectivity index (χ0v) is 8.95. The van der Waals surface area contributed by atoms with Crippen molar-refractivity contribution in [3.63, 3.8) is 0 Å². The average Bonchev–Trinajstić information content (AvgIpc) is 1.77. The molecule has 0 fully saturated rings. The van der Waals surface area contributed by atoms with Crippen molar-refractivity contribution in [1.82, 2.24) is 0 Å². The molecule has 0 aliphatic rings. The first-order valence-electron chi connectivity index (χ1n) is 3.84. The summed E-state index contributed by atoms with van der Waals surface area (Å²) >= 11 is 0. The van der Waals surface area contributed by atoms with Crippen molar-refractivity contribution in [2.45, 2.75) is 26.1 Å². The van der Waals surface area contributed by atoms with Crippen LogP contribution in [0, 0.1) is 5.92 Å². The highest BCUT2D eigenvalue weighted by Crippen LogP contribution is 2.44. The molecule has 0 aliphatic carbocycles. The first-order valence-corrected chi connectivity index (χ1v) is 6.36. The molecule has 0 amide bonds. The molecule has 0 spiro atoms. The van der Waals surface area contributed by atoms with Crippen LogP contribution in [0.25, 0.3) is 0 Å². The van der Waals surface area contributed by atoms with Gasteiger partial charge in [-0.25, -0.2) is 0 Å². The van der Waals surface area contributed by atoms with Crippen molar-refractivity contribution in [2.24, 2.45) is 5.92 Å². The molecule has 0 N–H and O–H groups in total. The van der Waals surface area contributed by atoms with E-state index in [1.165, 1.54) is 27.2 Å². The Labute approximate surface area is 75.9 Å². The van der Waals surface area contributed by atoms with Crippen LogP contribution in [0.5, 0.6) is 0 Å². The van der Waals surface area contributed by atoms with E-state index in [0.717, 1.165) is 0 Å². The molecule has 6 heteroatoms. The molecular formula is C7H14F3O2P. The SMILES string of the molecule is CC(C)C(OP(C)(C)=O)C(F)(F)F. The summed E-state index contributed by atoms with van der Waals surface area (Å²) in [6, 6.07) is 0. The molecule has 1 unspecified atom stereocenters. The molecule has 0 aromatic carbocycles. The van der Waals surface area contributed by atoms with Gasteiger partial charge in [0, 0.05) is 13.3 Å². The molecule has 0 aliphatic heterocycles. The maximum Gasteiger partial charge on any atom is 0.415 e. The second-order valence-electron chi connectivity index (χ2n) is 3.56. The van der Waals surface area contributed by atoms with E-state index in [9.17, 15) is 17.7 Å². The highest BCUT2D eigenvalue weighted by Gasteiger charge is 2.44. The summed E-state index contributed by atoms with van der Waals surface area (Å²) in [5.74, 6) is -0.728. The predicted molar refractivity (Wildman–Crippen MR) is 45.2 cm³/mol. The smallest absolute Gasteiger partial charge is 0.316 e. The number of rotatable bonds is 3. The third kappa shape index (κ3) is 5.32. The minimum absolute atomic E-state index is 0.728. The largest absolute Gasteiger partial charge is 0.415 e. The van der Waals surface area contributed by atoms with Gasteiger partial charge in [0.25, 0.3) is 0 Å². The Hall–Kier alpha value is -0.0200. The zero-order chi connectivity index (χ0) is 10.9. The summed E-state index contributed by atoms with van der Waals surface area (Å²) < 4.78 is 52.3. The van der Waals surface area contributed by atoms with Crippen LogP contribution >= 0.6 is 7.37 Å². The van der Waals surface area contributed by atoms with Crippen molar-refractivity contribution in [3.05, 3.63) is 0 Å². The fourth-order valence-electron chi connectivity index (χ4n) is 0.833. The van der Waals surface area contributed by atoms with Crippen molar-refractivity contribution in [1.29, 1.82) is 0 Å². The molecule has 0 rings (SSSR count). The van der Waals surface area contributed by atoms with Gasteiger partial charge in [0.1, 0.15) is 0 Å². The van der Waals surface area contributed by atoms with Crippen LogP contribution in [0.3, 0.4) is 0 Å². The zero-order valence-electron chi connectivity index (χ0n) is 8.05. The molecule has 1 atom stereocenters. The summed E-state index contributed by atoms with van der Waals surface area (Å²) in [5.41, 5.74) is 0. The highest BCUT2D eigenvalue weighted by atomic mass is 31.2. The second kappa shape index (κ2) is 4.01. The van der Waals surface area contributed by atoms with Crippen molar-refractivity contribution < 1.29 is 22.3 Å². The van der Waals surface area contributed by atoms with Crippen LogP contribution in [0.4, 0.5) is 13.2 Å². The summed E-state index contributed by atoms with van der Waals surface area (Å²) in [6.07, 6.45) is -6.39. The molecule has 0 saturated heterocycles. The molecule has 0 heterocycles. The van der Waals surface area contributed by atoms with Crippen LogP contribution < -0.4 is 0 Å². The first kappa shape index (κ1) is 13.0. The molecule has 0 bridgehead atoms. The molecule has 13 heavy (non-hydrogen) atoms. The van der Waals surface area contributed by atoms with E-state index in [4.69, 9.17) is 0 Å². The Morgan fingerprint density at radius 2 is 1.62 bits per heavy atom. The lowest BCUT2D eigenvalue weighted by atomic mass is 10.1. The second-order valence-corrected chi connectivity index (χ2v) is 6.28. The van der Waals surface area contributed by atoms with Crippen LogP contribution in [0.1, 0.15) is 13.8 Å². The van der Waals surface area contributed by atoms with Gasteiger partial charge in [-0.3, -0.25) is 4.57 Å². The van der Waals surface area contributed by atoms with Crippen LogP contribution in [0.2, 0.25) is 0 Å². The lowest BCUT2D eigenvalue weighted by Crippen LogP contribution is -2.35. The van der Waals surface area contributed by atoms with E-state index in [2.05, 4.69) is 4.52 Å². The third-order valence-corrected chi connectivity index (χ3v) is 2.03. The van der Waals surface area contributed by atoms with E-state index in [1.54, 1.807) is 0 Å². The average molecular weight is 218 g/mol. The van der Waals surface area contributed by atoms with E-state index in [-0.39, 0.29) is 0 Å². The summed E-state index contributed by atoms with van der Waals surface area (Å²) in [6.45, 7) is 5.11. The molecule has 0 aromatic rings. The standard InChI is InChI=1S/C7H14F3O2P/c1-5(2)6(7(8,9)10)12-13(3,4)11/h5-6H,1-4H3. The fourth-order valence-corrected chi connectivity index (χ4v) is 1.74. The minimum atomic E-state index is -4.45. The van der Waals surface area contributed by atoms with Crippen molar-refractivity contribution >= 4 is 7.37 Å². The predicted octanol–water partition coefficient (Wildman–Crippen LogP) is 3.13. The van der Waals surface area contributed by atoms with Crippen molar-refractivity contribution in [3.8, 4) is 0 Å². The normalized spacial score (nSPS) is 16.3. The Morgan fingerprint density at radius 3 is 1.69 bits per heavy atom. The molecular weight excluding hydrogens is 204 g/mol. The Kier molecular flexibility index (Phi) is 4.00. The quantitative estimate of drug-likeness (QED) is 0.680. The van der Waals surface area contributed by atoms with Gasteiger partial charge in [0.05, 0.1) is 0 Å². The van der Waals surface area contributed by atoms with Crippen LogP contribution in [-0.4, -0.2) is 25.6 Å². The van der Waals surface area contributed by atoms with Gasteiger partial charge in [-0.1, -0.05) is 13.8 Å². The third-order valence-electron chi connectivity index (χ3n) is 1.30. The van der Waals surface area contributed by atoms with E-state index in [1.807, 2.05) is 0 Å². The van der Waals surface area contributed by atoms with E-state index in [0.29, 0.717) is 0 Å². The van der Waals surface area contributed by atoms with Gasteiger partial charge >= 0.3 is 6.18 Å². The lowest BCUT2D eigenvalue weighted by molar-refractivity contribution is -0.206. The number of halogens is 3. The van der Waals surface area contributed by atoms with E-state index < -0.39 is 25.6 Å². The van der Waals surface area contributed by atoms with Gasteiger partial charge in [-0.05, 0) is 5.92 Å². The fraction of sp³-hybridized carbons (Fsp3) is 1.00. The van der Waals surface area contributed by atoms with Gasteiger partial charge < -0.3 is 4.52 Å². The number of alkyl halides is 3. The molecule has 0 saturated carbocycles. The maximum absolute atomic E-state index is 12.3. The Bertz CT molecular complexity index is 206. The van der Waals surface area contributed by atoms with Gasteiger partial charge in [0.2, 0.25) is 0 Å². The summed E-state index contributed by atoms with van der Waals surface area (Å²) in [5, 5.41) is 0. The van der Waals surface area contributed by atoms with Gasteiger partial charge in [-0.15, -0.1) is 0 Å². The molecule has 2 nitrogen and oxygen atoms in total. The Balaban J connectivity index is 4.56. The maximum atomic E-state index is 12.3.